The predicted molar refractivity (Wildman–Crippen MR) is 109 cm³/mol. The number of rotatable bonds is 5. The molecule has 2 heterocycles. The van der Waals surface area contributed by atoms with Gasteiger partial charge in [0, 0.05) is 24.3 Å². The number of aromatic nitrogens is 2. The van der Waals surface area contributed by atoms with Crippen molar-refractivity contribution >= 4 is 5.82 Å². The van der Waals surface area contributed by atoms with Crippen molar-refractivity contribution in [1.82, 2.24) is 14.9 Å². The number of nitrogen functional groups attached to an aromatic ring is 1. The van der Waals surface area contributed by atoms with Gasteiger partial charge in [-0.25, -0.2) is 4.98 Å². The van der Waals surface area contributed by atoms with Crippen LogP contribution in [0.2, 0.25) is 0 Å². The maximum absolute atomic E-state index is 12.5. The molecule has 0 bridgehead atoms. The van der Waals surface area contributed by atoms with Gasteiger partial charge in [0.2, 0.25) is 0 Å². The van der Waals surface area contributed by atoms with Crippen LogP contribution in [0.3, 0.4) is 0 Å². The number of hydrogen-bond acceptors (Lipinski definition) is 6. The second-order valence-electron chi connectivity index (χ2n) is 7.86. The van der Waals surface area contributed by atoms with Gasteiger partial charge < -0.3 is 25.5 Å². The molecule has 1 aromatic heterocycles. The Morgan fingerprint density at radius 2 is 2.07 bits per heavy atom. The highest BCUT2D eigenvalue weighted by Crippen LogP contribution is 2.33. The molecule has 1 saturated heterocycles. The fraction of sp³-hybridized carbons (Fsp3) is 0.524. The summed E-state index contributed by atoms with van der Waals surface area (Å²) in [5.41, 5.74) is 6.63. The van der Waals surface area contributed by atoms with E-state index in [-0.39, 0.29) is 23.2 Å². The zero-order valence-corrected chi connectivity index (χ0v) is 16.1. The van der Waals surface area contributed by atoms with Crippen LogP contribution in [0.5, 0.6) is 11.5 Å². The van der Waals surface area contributed by atoms with E-state index in [9.17, 15) is 9.90 Å². The van der Waals surface area contributed by atoms with E-state index in [0.29, 0.717) is 29.5 Å². The van der Waals surface area contributed by atoms with Gasteiger partial charge in [-0.2, -0.15) is 0 Å². The van der Waals surface area contributed by atoms with Gasteiger partial charge in [-0.05, 0) is 56.3 Å². The Balaban J connectivity index is 1.63. The monoisotopic (exact) mass is 384 g/mol. The number of hydrogen-bond donors (Lipinski definition) is 3. The largest absolute Gasteiger partial charge is 0.507 e. The average molecular weight is 384 g/mol. The van der Waals surface area contributed by atoms with E-state index < -0.39 is 0 Å². The SMILES string of the molecule is Nc1nc(-c2cc(OCC3CCCC3)ccc2O)cn(C2CCCNC2)c1=O. The Labute approximate surface area is 164 Å². The van der Waals surface area contributed by atoms with E-state index in [1.54, 1.807) is 29.0 Å². The summed E-state index contributed by atoms with van der Waals surface area (Å²) in [6.45, 7) is 2.37. The molecule has 1 unspecified atom stereocenters. The van der Waals surface area contributed by atoms with Crippen molar-refractivity contribution < 1.29 is 9.84 Å². The van der Waals surface area contributed by atoms with Crippen molar-refractivity contribution in [1.29, 1.82) is 0 Å². The lowest BCUT2D eigenvalue weighted by Crippen LogP contribution is -2.37. The van der Waals surface area contributed by atoms with Crippen molar-refractivity contribution in [2.24, 2.45) is 5.92 Å². The molecule has 1 aliphatic carbocycles. The zero-order chi connectivity index (χ0) is 19.5. The topological polar surface area (TPSA) is 102 Å². The lowest BCUT2D eigenvalue weighted by molar-refractivity contribution is 0.252. The maximum atomic E-state index is 12.5. The quantitative estimate of drug-likeness (QED) is 0.732. The molecule has 4 rings (SSSR count). The van der Waals surface area contributed by atoms with Gasteiger partial charge in [0.15, 0.2) is 5.82 Å². The van der Waals surface area contributed by atoms with Crippen LogP contribution in [-0.4, -0.2) is 34.4 Å². The maximum Gasteiger partial charge on any atom is 0.293 e. The molecule has 2 fully saturated rings. The lowest BCUT2D eigenvalue weighted by atomic mass is 10.1. The van der Waals surface area contributed by atoms with Crippen LogP contribution in [-0.2, 0) is 0 Å². The predicted octanol–water partition coefficient (Wildman–Crippen LogP) is 2.69. The second-order valence-corrected chi connectivity index (χ2v) is 7.86. The van der Waals surface area contributed by atoms with Gasteiger partial charge in [-0.15, -0.1) is 0 Å². The smallest absolute Gasteiger partial charge is 0.293 e. The molecular formula is C21H28N4O3. The number of anilines is 1. The summed E-state index contributed by atoms with van der Waals surface area (Å²) in [5.74, 6) is 1.33. The molecular weight excluding hydrogens is 356 g/mol. The van der Waals surface area contributed by atoms with Crippen LogP contribution in [0.1, 0.15) is 44.6 Å². The molecule has 0 radical (unpaired) electrons. The average Bonchev–Trinajstić information content (AvgIpc) is 3.24. The van der Waals surface area contributed by atoms with Gasteiger partial charge in [0.1, 0.15) is 11.5 Å². The van der Waals surface area contributed by atoms with Crippen LogP contribution in [0.25, 0.3) is 11.3 Å². The standard InChI is InChI=1S/C21H28N4O3/c22-20-21(27)25(15-6-3-9-23-11-15)12-18(24-20)17-10-16(7-8-19(17)26)28-13-14-4-1-2-5-14/h7-8,10,12,14-15,23,26H,1-6,9,11,13H2,(H2,22,24). The molecule has 7 heteroatoms. The van der Waals surface area contributed by atoms with Crippen LogP contribution < -0.4 is 21.3 Å². The van der Waals surface area contributed by atoms with Crippen LogP contribution in [0.15, 0.2) is 29.2 Å². The number of benzene rings is 1. The molecule has 150 valence electrons. The Kier molecular flexibility index (Phi) is 5.52. The molecule has 1 aliphatic heterocycles. The first-order valence-electron chi connectivity index (χ1n) is 10.2. The van der Waals surface area contributed by atoms with Gasteiger partial charge in [-0.1, -0.05) is 12.8 Å². The van der Waals surface area contributed by atoms with Gasteiger partial charge in [0.05, 0.1) is 12.3 Å². The summed E-state index contributed by atoms with van der Waals surface area (Å²) in [7, 11) is 0. The van der Waals surface area contributed by atoms with E-state index in [1.165, 1.54) is 25.7 Å². The first-order valence-corrected chi connectivity index (χ1v) is 10.2. The summed E-state index contributed by atoms with van der Waals surface area (Å²) in [6.07, 6.45) is 8.58. The third-order valence-electron chi connectivity index (χ3n) is 5.82. The molecule has 0 spiro atoms. The van der Waals surface area contributed by atoms with Gasteiger partial charge in [-0.3, -0.25) is 4.79 Å². The van der Waals surface area contributed by atoms with E-state index >= 15 is 0 Å². The summed E-state index contributed by atoms with van der Waals surface area (Å²) in [4.78, 5) is 16.8. The summed E-state index contributed by atoms with van der Waals surface area (Å²) in [5, 5.41) is 13.7. The van der Waals surface area contributed by atoms with Gasteiger partial charge in [0.25, 0.3) is 5.56 Å². The fourth-order valence-corrected chi connectivity index (χ4v) is 4.20. The molecule has 1 saturated carbocycles. The first kappa shape index (κ1) is 18.8. The van der Waals surface area contributed by atoms with E-state index in [0.717, 1.165) is 25.9 Å². The third kappa shape index (κ3) is 3.99. The van der Waals surface area contributed by atoms with Crippen LogP contribution in [0.4, 0.5) is 5.82 Å². The molecule has 1 atom stereocenters. The van der Waals surface area contributed by atoms with Crippen molar-refractivity contribution in [3.63, 3.8) is 0 Å². The van der Waals surface area contributed by atoms with E-state index in [4.69, 9.17) is 10.5 Å². The number of nitrogens with two attached hydrogens (primary N) is 1. The van der Waals surface area contributed by atoms with E-state index in [2.05, 4.69) is 10.3 Å². The minimum absolute atomic E-state index is 0.0363. The third-order valence-corrected chi connectivity index (χ3v) is 5.82. The number of phenolic OH excluding ortho intramolecular Hbond substituents is 1. The molecule has 2 aromatic rings. The Hall–Kier alpha value is -2.54. The first-order chi connectivity index (χ1) is 13.6. The molecule has 0 amide bonds. The molecule has 4 N–H and O–H groups in total. The van der Waals surface area contributed by atoms with Crippen molar-refractivity contribution in [3.8, 4) is 22.8 Å². The number of phenols is 1. The Morgan fingerprint density at radius 3 is 2.82 bits per heavy atom. The summed E-state index contributed by atoms with van der Waals surface area (Å²) >= 11 is 0. The molecule has 2 aliphatic rings. The summed E-state index contributed by atoms with van der Waals surface area (Å²) in [6, 6.07) is 5.18. The zero-order valence-electron chi connectivity index (χ0n) is 16.1. The molecule has 28 heavy (non-hydrogen) atoms. The normalized spacial score (nSPS) is 20.4. The lowest BCUT2D eigenvalue weighted by Gasteiger charge is -2.25. The number of ether oxygens (including phenoxy) is 1. The van der Waals surface area contributed by atoms with Crippen LogP contribution >= 0.6 is 0 Å². The fourth-order valence-electron chi connectivity index (χ4n) is 4.20. The van der Waals surface area contributed by atoms with Crippen molar-refractivity contribution in [2.45, 2.75) is 44.6 Å². The number of aromatic hydroxyl groups is 1. The minimum Gasteiger partial charge on any atom is -0.507 e. The number of piperidine rings is 1. The number of nitrogens with zero attached hydrogens (tertiary/aromatic N) is 2. The highest BCUT2D eigenvalue weighted by atomic mass is 16.5. The van der Waals surface area contributed by atoms with Crippen LogP contribution in [0, 0.1) is 5.92 Å². The Morgan fingerprint density at radius 1 is 1.25 bits per heavy atom. The molecule has 7 nitrogen and oxygen atoms in total. The second kappa shape index (κ2) is 8.22. The van der Waals surface area contributed by atoms with Crippen molar-refractivity contribution in [2.75, 3.05) is 25.4 Å². The van der Waals surface area contributed by atoms with Gasteiger partial charge >= 0.3 is 0 Å². The van der Waals surface area contributed by atoms with Crippen molar-refractivity contribution in [3.05, 3.63) is 34.7 Å². The number of nitrogens with one attached hydrogen (secondary N) is 1. The summed E-state index contributed by atoms with van der Waals surface area (Å²) < 4.78 is 7.61. The highest BCUT2D eigenvalue weighted by Gasteiger charge is 2.20. The Bertz CT molecular complexity index is 884. The van der Waals surface area contributed by atoms with E-state index in [1.807, 2.05) is 0 Å². The highest BCUT2D eigenvalue weighted by molar-refractivity contribution is 5.68. The minimum atomic E-state index is -0.287. The molecule has 1 aromatic carbocycles.